The van der Waals surface area contributed by atoms with Gasteiger partial charge in [0.15, 0.2) is 0 Å². The lowest BCUT2D eigenvalue weighted by Gasteiger charge is -2.09. The van der Waals surface area contributed by atoms with Crippen LogP contribution in [0.1, 0.15) is 5.69 Å². The molecule has 0 amide bonds. The summed E-state index contributed by atoms with van der Waals surface area (Å²) in [6.07, 6.45) is 1.44. The van der Waals surface area contributed by atoms with Gasteiger partial charge >= 0.3 is 0 Å². The lowest BCUT2D eigenvalue weighted by Crippen LogP contribution is -2.33. The molecule has 0 aromatic carbocycles. The van der Waals surface area contributed by atoms with Crippen molar-refractivity contribution >= 4 is 20.0 Å². The molecule has 0 aliphatic heterocycles. The van der Waals surface area contributed by atoms with Crippen LogP contribution in [-0.4, -0.2) is 41.2 Å². The van der Waals surface area contributed by atoms with Crippen molar-refractivity contribution in [1.29, 1.82) is 0 Å². The first-order valence-corrected chi connectivity index (χ1v) is 8.51. The predicted molar refractivity (Wildman–Crippen MR) is 70.2 cm³/mol. The highest BCUT2D eigenvalue weighted by molar-refractivity contribution is 7.90. The molecule has 0 unspecified atom stereocenters. The van der Waals surface area contributed by atoms with E-state index in [9.17, 15) is 16.8 Å². The van der Waals surface area contributed by atoms with E-state index in [-0.39, 0.29) is 29.4 Å². The zero-order valence-electron chi connectivity index (χ0n) is 10.3. The number of hydrogen-bond acceptors (Lipinski definition) is 6. The van der Waals surface area contributed by atoms with Gasteiger partial charge in [0.05, 0.1) is 11.4 Å². The average Bonchev–Trinajstić information content (AvgIpc) is 2.38. The monoisotopic (exact) mass is 308 g/mol. The van der Waals surface area contributed by atoms with Crippen LogP contribution in [0.15, 0.2) is 23.2 Å². The van der Waals surface area contributed by atoms with Gasteiger partial charge in [-0.2, -0.15) is 0 Å². The molecule has 0 saturated carbocycles. The van der Waals surface area contributed by atoms with Gasteiger partial charge in [0.1, 0.15) is 4.90 Å². The Morgan fingerprint density at radius 3 is 2.58 bits per heavy atom. The van der Waals surface area contributed by atoms with Crippen LogP contribution in [0.5, 0.6) is 0 Å². The Bertz CT molecular complexity index is 627. The third kappa shape index (κ3) is 4.51. The number of pyridine rings is 1. The highest BCUT2D eigenvalue weighted by atomic mass is 32.2. The molecule has 108 valence electrons. The minimum Gasteiger partial charge on any atom is -0.325 e. The summed E-state index contributed by atoms with van der Waals surface area (Å²) in [4.78, 5) is 3.82. The summed E-state index contributed by atoms with van der Waals surface area (Å²) >= 11 is 0. The maximum absolute atomic E-state index is 12.0. The van der Waals surface area contributed by atoms with Crippen molar-refractivity contribution < 1.29 is 16.8 Å². The maximum atomic E-state index is 12.0. The number of aromatic nitrogens is 1. The first-order valence-electron chi connectivity index (χ1n) is 5.37. The highest BCUT2D eigenvalue weighted by Gasteiger charge is 2.19. The SMILES string of the molecule is CNS(=O)(=O)CCNS(=O)(=O)c1cccnc1CN. The molecule has 0 radical (unpaired) electrons. The Morgan fingerprint density at radius 2 is 2.00 bits per heavy atom. The molecule has 0 saturated heterocycles. The molecule has 4 N–H and O–H groups in total. The van der Waals surface area contributed by atoms with Gasteiger partial charge in [-0.3, -0.25) is 4.98 Å². The van der Waals surface area contributed by atoms with Gasteiger partial charge in [0.25, 0.3) is 0 Å². The Labute approximate surface area is 112 Å². The zero-order chi connectivity index (χ0) is 14.5. The largest absolute Gasteiger partial charge is 0.325 e. The lowest BCUT2D eigenvalue weighted by atomic mass is 10.3. The Morgan fingerprint density at radius 1 is 1.32 bits per heavy atom. The second-order valence-electron chi connectivity index (χ2n) is 3.57. The van der Waals surface area contributed by atoms with E-state index in [4.69, 9.17) is 5.73 Å². The second-order valence-corrected chi connectivity index (χ2v) is 7.35. The molecule has 1 aromatic rings. The van der Waals surface area contributed by atoms with Crippen molar-refractivity contribution in [3.8, 4) is 0 Å². The van der Waals surface area contributed by atoms with Crippen LogP contribution in [0.4, 0.5) is 0 Å². The number of hydrogen-bond donors (Lipinski definition) is 3. The fourth-order valence-electron chi connectivity index (χ4n) is 1.31. The van der Waals surface area contributed by atoms with E-state index >= 15 is 0 Å². The summed E-state index contributed by atoms with van der Waals surface area (Å²) in [6.45, 7) is -0.254. The molecule has 8 nitrogen and oxygen atoms in total. The van der Waals surface area contributed by atoms with E-state index in [0.29, 0.717) is 0 Å². The molecular formula is C9H16N4O4S2. The van der Waals surface area contributed by atoms with Crippen LogP contribution in [0, 0.1) is 0 Å². The lowest BCUT2D eigenvalue weighted by molar-refractivity contribution is 0.577. The molecule has 1 aromatic heterocycles. The number of rotatable bonds is 7. The van der Waals surface area contributed by atoms with Crippen molar-refractivity contribution in [1.82, 2.24) is 14.4 Å². The van der Waals surface area contributed by atoms with Crippen LogP contribution in [-0.2, 0) is 26.6 Å². The van der Waals surface area contributed by atoms with Crippen molar-refractivity contribution in [2.24, 2.45) is 5.73 Å². The molecule has 1 heterocycles. The van der Waals surface area contributed by atoms with E-state index in [0.717, 1.165) is 0 Å². The van der Waals surface area contributed by atoms with Gasteiger partial charge in [-0.1, -0.05) is 0 Å². The Balaban J connectivity index is 2.82. The van der Waals surface area contributed by atoms with E-state index in [2.05, 4.69) is 14.4 Å². The quantitative estimate of drug-likeness (QED) is 0.554. The Hall–Kier alpha value is -1.07. The first-order chi connectivity index (χ1) is 8.82. The van der Waals surface area contributed by atoms with E-state index in [1.807, 2.05) is 0 Å². The minimum atomic E-state index is -3.82. The van der Waals surface area contributed by atoms with Crippen LogP contribution < -0.4 is 15.2 Å². The summed E-state index contributed by atoms with van der Waals surface area (Å²) in [5, 5.41) is 0. The number of nitrogens with zero attached hydrogens (tertiary/aromatic N) is 1. The summed E-state index contributed by atoms with van der Waals surface area (Å²) in [7, 11) is -6.01. The second kappa shape index (κ2) is 6.39. The molecule has 10 heteroatoms. The van der Waals surface area contributed by atoms with Gasteiger partial charge in [0.2, 0.25) is 20.0 Å². The third-order valence-corrected chi connectivity index (χ3v) is 5.20. The van der Waals surface area contributed by atoms with Crippen LogP contribution in [0.2, 0.25) is 0 Å². The number of nitrogens with two attached hydrogens (primary N) is 1. The maximum Gasteiger partial charge on any atom is 0.242 e. The summed E-state index contributed by atoms with van der Waals surface area (Å²) in [6, 6.07) is 2.84. The smallest absolute Gasteiger partial charge is 0.242 e. The van der Waals surface area contributed by atoms with E-state index < -0.39 is 20.0 Å². The van der Waals surface area contributed by atoms with Gasteiger partial charge in [-0.25, -0.2) is 26.3 Å². The number of nitrogens with one attached hydrogen (secondary N) is 2. The molecule has 0 atom stereocenters. The van der Waals surface area contributed by atoms with Crippen molar-refractivity contribution in [3.05, 3.63) is 24.0 Å². The van der Waals surface area contributed by atoms with Crippen molar-refractivity contribution in [2.45, 2.75) is 11.4 Å². The van der Waals surface area contributed by atoms with Crippen molar-refractivity contribution in [2.75, 3.05) is 19.3 Å². The topological polar surface area (TPSA) is 131 Å². The summed E-state index contributed by atoms with van der Waals surface area (Å²) < 4.78 is 50.6. The van der Waals surface area contributed by atoms with E-state index in [1.165, 1.54) is 25.4 Å². The molecule has 19 heavy (non-hydrogen) atoms. The molecule has 0 spiro atoms. The zero-order valence-corrected chi connectivity index (χ0v) is 12.0. The molecule has 1 rings (SSSR count). The molecular weight excluding hydrogens is 292 g/mol. The average molecular weight is 308 g/mol. The van der Waals surface area contributed by atoms with Crippen molar-refractivity contribution in [3.63, 3.8) is 0 Å². The van der Waals surface area contributed by atoms with Gasteiger partial charge in [0, 0.05) is 19.3 Å². The van der Waals surface area contributed by atoms with Crippen LogP contribution >= 0.6 is 0 Å². The molecule has 0 fully saturated rings. The van der Waals surface area contributed by atoms with E-state index in [1.54, 1.807) is 0 Å². The molecule has 0 bridgehead atoms. The fourth-order valence-corrected chi connectivity index (χ4v) is 3.25. The molecule has 0 aliphatic rings. The normalized spacial score (nSPS) is 12.5. The first kappa shape index (κ1) is 16.0. The number of sulfonamides is 2. The predicted octanol–water partition coefficient (Wildman–Crippen LogP) is -1.63. The van der Waals surface area contributed by atoms with Gasteiger partial charge in [-0.15, -0.1) is 0 Å². The minimum absolute atomic E-state index is 0.0219. The van der Waals surface area contributed by atoms with Crippen LogP contribution in [0.3, 0.4) is 0 Å². The fraction of sp³-hybridized carbons (Fsp3) is 0.444. The Kier molecular flexibility index (Phi) is 5.38. The molecule has 0 aliphatic carbocycles. The van der Waals surface area contributed by atoms with Gasteiger partial charge < -0.3 is 5.73 Å². The standard InChI is InChI=1S/C9H16N4O4S2/c1-11-18(14,15)6-5-13-19(16,17)9-3-2-4-12-8(9)7-10/h2-4,11,13H,5-7,10H2,1H3. The third-order valence-electron chi connectivity index (χ3n) is 2.31. The summed E-state index contributed by atoms with van der Waals surface area (Å²) in [5.74, 6) is -0.346. The summed E-state index contributed by atoms with van der Waals surface area (Å²) in [5.41, 5.74) is 5.63. The highest BCUT2D eigenvalue weighted by Crippen LogP contribution is 2.11. The van der Waals surface area contributed by atoms with Crippen LogP contribution in [0.25, 0.3) is 0 Å². The van der Waals surface area contributed by atoms with Gasteiger partial charge in [-0.05, 0) is 19.2 Å².